The summed E-state index contributed by atoms with van der Waals surface area (Å²) in [6.45, 7) is 0.657. The zero-order valence-corrected chi connectivity index (χ0v) is 13.2. The van der Waals surface area contributed by atoms with Crippen molar-refractivity contribution < 1.29 is 14.3 Å². The number of nitrogens with one attached hydrogen (secondary N) is 2. The molecular formula is C19H18N2O3. The molecule has 2 N–H and O–H groups in total. The van der Waals surface area contributed by atoms with E-state index in [0.717, 1.165) is 30.6 Å². The van der Waals surface area contributed by atoms with E-state index in [-0.39, 0.29) is 17.9 Å². The monoisotopic (exact) mass is 322 g/mol. The van der Waals surface area contributed by atoms with Crippen LogP contribution < -0.4 is 15.4 Å². The van der Waals surface area contributed by atoms with Gasteiger partial charge in [0.25, 0.3) is 11.8 Å². The van der Waals surface area contributed by atoms with Crippen molar-refractivity contribution in [2.75, 3.05) is 11.9 Å². The van der Waals surface area contributed by atoms with E-state index >= 15 is 0 Å². The second kappa shape index (κ2) is 6.00. The number of para-hydroxylation sites is 1. The highest BCUT2D eigenvalue weighted by molar-refractivity contribution is 6.09. The van der Waals surface area contributed by atoms with Gasteiger partial charge in [-0.1, -0.05) is 12.1 Å². The van der Waals surface area contributed by atoms with Crippen molar-refractivity contribution in [2.45, 2.75) is 25.3 Å². The number of carbonyl (C=O) groups is 2. The number of carbonyl (C=O) groups excluding carboxylic acids is 2. The topological polar surface area (TPSA) is 67.4 Å². The Kier molecular flexibility index (Phi) is 3.69. The van der Waals surface area contributed by atoms with E-state index in [2.05, 4.69) is 10.6 Å². The summed E-state index contributed by atoms with van der Waals surface area (Å²) in [5.41, 5.74) is 2.62. The van der Waals surface area contributed by atoms with E-state index in [1.54, 1.807) is 30.3 Å². The Balaban J connectivity index is 1.54. The fraction of sp³-hybridized carbons (Fsp3) is 0.263. The molecule has 2 aromatic carbocycles. The maximum Gasteiger partial charge on any atom is 0.255 e. The molecule has 0 saturated heterocycles. The number of anilines is 1. The summed E-state index contributed by atoms with van der Waals surface area (Å²) in [4.78, 5) is 24.8. The standard InChI is InChI=1S/C19H18N2O3/c22-18(13-5-8-17-12(11-13)9-10-24-17)21-16-4-2-1-3-15(16)19(23)20-14-6-7-14/h1-5,8,11,14H,6-7,9-10H2,(H,20,23)(H,21,22). The SMILES string of the molecule is O=C(Nc1ccccc1C(=O)NC1CC1)c1ccc2c(c1)CCO2. The first-order valence-corrected chi connectivity index (χ1v) is 8.18. The number of ether oxygens (including phenoxy) is 1. The van der Waals surface area contributed by atoms with Gasteiger partial charge in [-0.2, -0.15) is 0 Å². The molecule has 1 aliphatic carbocycles. The van der Waals surface area contributed by atoms with E-state index < -0.39 is 0 Å². The van der Waals surface area contributed by atoms with Crippen LogP contribution in [0.3, 0.4) is 0 Å². The highest BCUT2D eigenvalue weighted by atomic mass is 16.5. The lowest BCUT2D eigenvalue weighted by Crippen LogP contribution is -2.27. The molecule has 1 aliphatic heterocycles. The first-order chi connectivity index (χ1) is 11.7. The second-order valence-corrected chi connectivity index (χ2v) is 6.17. The first-order valence-electron chi connectivity index (χ1n) is 8.18. The number of fused-ring (bicyclic) bond motifs is 1. The molecule has 2 amide bonds. The quantitative estimate of drug-likeness (QED) is 0.909. The van der Waals surface area contributed by atoms with Gasteiger partial charge in [0.1, 0.15) is 5.75 Å². The maximum absolute atomic E-state index is 12.5. The fourth-order valence-electron chi connectivity index (χ4n) is 2.80. The third-order valence-corrected chi connectivity index (χ3v) is 4.28. The summed E-state index contributed by atoms with van der Waals surface area (Å²) in [5, 5.41) is 5.80. The molecule has 0 unspecified atom stereocenters. The number of benzene rings is 2. The van der Waals surface area contributed by atoms with Crippen molar-refractivity contribution >= 4 is 17.5 Å². The van der Waals surface area contributed by atoms with Crippen LogP contribution >= 0.6 is 0 Å². The molecule has 0 spiro atoms. The van der Waals surface area contributed by atoms with Crippen molar-refractivity contribution in [3.8, 4) is 5.75 Å². The lowest BCUT2D eigenvalue weighted by Gasteiger charge is -2.11. The minimum absolute atomic E-state index is 0.143. The third kappa shape index (κ3) is 2.97. The molecule has 5 heteroatoms. The molecule has 1 fully saturated rings. The zero-order valence-electron chi connectivity index (χ0n) is 13.2. The van der Waals surface area contributed by atoms with Crippen LogP contribution in [0, 0.1) is 0 Å². The van der Waals surface area contributed by atoms with Gasteiger partial charge in [-0.15, -0.1) is 0 Å². The van der Waals surface area contributed by atoms with Gasteiger partial charge in [0.05, 0.1) is 17.9 Å². The molecule has 1 heterocycles. The fourth-order valence-corrected chi connectivity index (χ4v) is 2.80. The number of hydrogen-bond donors (Lipinski definition) is 2. The number of amides is 2. The summed E-state index contributed by atoms with van der Waals surface area (Å²) in [5.74, 6) is 0.475. The van der Waals surface area contributed by atoms with Gasteiger partial charge in [0.2, 0.25) is 0 Å². The van der Waals surface area contributed by atoms with Crippen LogP contribution in [0.25, 0.3) is 0 Å². The zero-order chi connectivity index (χ0) is 16.5. The molecule has 0 aromatic heterocycles. The van der Waals surface area contributed by atoms with Crippen molar-refractivity contribution in [3.05, 3.63) is 59.2 Å². The first kappa shape index (κ1) is 14.8. The third-order valence-electron chi connectivity index (χ3n) is 4.28. The summed E-state index contributed by atoms with van der Waals surface area (Å²) < 4.78 is 5.46. The van der Waals surface area contributed by atoms with Gasteiger partial charge >= 0.3 is 0 Å². The molecule has 24 heavy (non-hydrogen) atoms. The van der Waals surface area contributed by atoms with Crippen LogP contribution in [0.1, 0.15) is 39.1 Å². The molecule has 122 valence electrons. The molecule has 2 aliphatic rings. The van der Waals surface area contributed by atoms with Crippen molar-refractivity contribution in [2.24, 2.45) is 0 Å². The van der Waals surface area contributed by atoms with Crippen LogP contribution in [0.5, 0.6) is 5.75 Å². The van der Waals surface area contributed by atoms with E-state index in [9.17, 15) is 9.59 Å². The Labute approximate surface area is 140 Å². The average Bonchev–Trinajstić information content (AvgIpc) is 3.28. The normalized spacial score (nSPS) is 15.3. The van der Waals surface area contributed by atoms with Gasteiger partial charge in [0, 0.05) is 18.0 Å². The molecule has 5 nitrogen and oxygen atoms in total. The Bertz CT molecular complexity index is 812. The Morgan fingerprint density at radius 2 is 1.88 bits per heavy atom. The van der Waals surface area contributed by atoms with E-state index in [4.69, 9.17) is 4.74 Å². The number of hydrogen-bond acceptors (Lipinski definition) is 3. The van der Waals surface area contributed by atoms with Crippen LogP contribution in [-0.2, 0) is 6.42 Å². The minimum Gasteiger partial charge on any atom is -0.493 e. The maximum atomic E-state index is 12.5. The van der Waals surface area contributed by atoms with Gasteiger partial charge in [-0.3, -0.25) is 9.59 Å². The second-order valence-electron chi connectivity index (χ2n) is 6.17. The lowest BCUT2D eigenvalue weighted by molar-refractivity contribution is 0.0952. The van der Waals surface area contributed by atoms with Crippen LogP contribution in [0.15, 0.2) is 42.5 Å². The molecule has 0 bridgehead atoms. The largest absolute Gasteiger partial charge is 0.493 e. The smallest absolute Gasteiger partial charge is 0.255 e. The highest BCUT2D eigenvalue weighted by Crippen LogP contribution is 2.27. The molecule has 1 saturated carbocycles. The summed E-state index contributed by atoms with van der Waals surface area (Å²) in [6, 6.07) is 12.8. The lowest BCUT2D eigenvalue weighted by atomic mass is 10.1. The van der Waals surface area contributed by atoms with Crippen molar-refractivity contribution in [3.63, 3.8) is 0 Å². The summed E-state index contributed by atoms with van der Waals surface area (Å²) in [6.07, 6.45) is 2.87. The van der Waals surface area contributed by atoms with Gasteiger partial charge in [-0.05, 0) is 48.7 Å². The number of rotatable bonds is 4. The van der Waals surface area contributed by atoms with E-state index in [1.165, 1.54) is 0 Å². The minimum atomic E-state index is -0.226. The predicted molar refractivity (Wildman–Crippen MR) is 90.5 cm³/mol. The van der Waals surface area contributed by atoms with Crippen LogP contribution in [0.4, 0.5) is 5.69 Å². The molecule has 4 rings (SSSR count). The van der Waals surface area contributed by atoms with Gasteiger partial charge in [-0.25, -0.2) is 0 Å². The Morgan fingerprint density at radius 1 is 1.04 bits per heavy atom. The average molecular weight is 322 g/mol. The molecular weight excluding hydrogens is 304 g/mol. The Morgan fingerprint density at radius 3 is 2.71 bits per heavy atom. The summed E-state index contributed by atoms with van der Waals surface area (Å²) >= 11 is 0. The van der Waals surface area contributed by atoms with Crippen LogP contribution in [-0.4, -0.2) is 24.5 Å². The Hall–Kier alpha value is -2.82. The van der Waals surface area contributed by atoms with Crippen molar-refractivity contribution in [1.82, 2.24) is 5.32 Å². The molecule has 0 atom stereocenters. The van der Waals surface area contributed by atoms with Gasteiger partial charge < -0.3 is 15.4 Å². The highest BCUT2D eigenvalue weighted by Gasteiger charge is 2.25. The van der Waals surface area contributed by atoms with Crippen LogP contribution in [0.2, 0.25) is 0 Å². The molecule has 2 aromatic rings. The summed E-state index contributed by atoms with van der Waals surface area (Å²) in [7, 11) is 0. The predicted octanol–water partition coefficient (Wildman–Crippen LogP) is 2.77. The molecule has 0 radical (unpaired) electrons. The van der Waals surface area contributed by atoms with Gasteiger partial charge in [0.15, 0.2) is 0 Å². The van der Waals surface area contributed by atoms with Crippen molar-refractivity contribution in [1.29, 1.82) is 0 Å². The van der Waals surface area contributed by atoms with E-state index in [1.807, 2.05) is 12.1 Å². The van der Waals surface area contributed by atoms with E-state index in [0.29, 0.717) is 23.4 Å².